The van der Waals surface area contributed by atoms with Crippen molar-refractivity contribution in [2.75, 3.05) is 26.2 Å². The van der Waals surface area contributed by atoms with Gasteiger partial charge in [0.25, 0.3) is 0 Å². The quantitative estimate of drug-likeness (QED) is 0.831. The fraction of sp³-hybridized carbons (Fsp3) is 0.933. The molecule has 0 aromatic carbocycles. The van der Waals surface area contributed by atoms with E-state index in [1.807, 2.05) is 13.8 Å². The molecule has 1 heterocycles. The molecule has 0 atom stereocenters. The minimum atomic E-state index is 0.00644. The third-order valence-corrected chi connectivity index (χ3v) is 3.70. The fourth-order valence-electron chi connectivity index (χ4n) is 2.36. The van der Waals surface area contributed by atoms with Crippen LogP contribution in [0.5, 0.6) is 0 Å². The van der Waals surface area contributed by atoms with Crippen molar-refractivity contribution in [2.45, 2.75) is 59.1 Å². The predicted molar refractivity (Wildman–Crippen MR) is 78.1 cm³/mol. The average molecular weight is 270 g/mol. The number of ether oxygens (including phenoxy) is 1. The number of carbonyl (C=O) groups excluding carboxylic acids is 1. The van der Waals surface area contributed by atoms with Gasteiger partial charge in [0.05, 0.1) is 6.10 Å². The van der Waals surface area contributed by atoms with Gasteiger partial charge in [-0.05, 0) is 66.5 Å². The van der Waals surface area contributed by atoms with Crippen LogP contribution in [0.1, 0.15) is 47.5 Å². The molecule has 1 N–H and O–H groups in total. The molecular formula is C15H30N2O2. The van der Waals surface area contributed by atoms with E-state index in [4.69, 9.17) is 4.74 Å². The summed E-state index contributed by atoms with van der Waals surface area (Å²) in [4.78, 5) is 14.1. The summed E-state index contributed by atoms with van der Waals surface area (Å²) in [6, 6.07) is 0. The Balaban J connectivity index is 2.18. The Morgan fingerprint density at radius 2 is 1.89 bits per heavy atom. The van der Waals surface area contributed by atoms with Crippen LogP contribution < -0.4 is 5.32 Å². The molecule has 0 bridgehead atoms. The summed E-state index contributed by atoms with van der Waals surface area (Å²) in [5.41, 5.74) is 0.263. The molecular weight excluding hydrogens is 240 g/mol. The summed E-state index contributed by atoms with van der Waals surface area (Å²) in [5, 5.41) is 2.98. The fourth-order valence-corrected chi connectivity index (χ4v) is 2.36. The van der Waals surface area contributed by atoms with Gasteiger partial charge in [-0.25, -0.2) is 0 Å². The maximum Gasteiger partial charge on any atom is 0.246 e. The van der Waals surface area contributed by atoms with Crippen LogP contribution in [-0.2, 0) is 9.53 Å². The zero-order valence-electron chi connectivity index (χ0n) is 13.2. The summed E-state index contributed by atoms with van der Waals surface area (Å²) in [5.74, 6) is 0.619. The summed E-state index contributed by atoms with van der Waals surface area (Å²) >= 11 is 0. The van der Waals surface area contributed by atoms with Crippen molar-refractivity contribution in [3.8, 4) is 0 Å². The Morgan fingerprint density at radius 3 is 2.37 bits per heavy atom. The summed E-state index contributed by atoms with van der Waals surface area (Å²) in [7, 11) is 0. The molecule has 1 saturated heterocycles. The molecule has 0 radical (unpaired) electrons. The number of nitrogens with one attached hydrogen (secondary N) is 1. The van der Waals surface area contributed by atoms with E-state index in [0.717, 1.165) is 19.6 Å². The highest BCUT2D eigenvalue weighted by molar-refractivity contribution is 5.77. The van der Waals surface area contributed by atoms with Crippen LogP contribution in [0.4, 0.5) is 0 Å². The molecule has 1 aliphatic rings. The molecule has 19 heavy (non-hydrogen) atoms. The Kier molecular flexibility index (Phi) is 6.27. The molecule has 4 heteroatoms. The third kappa shape index (κ3) is 6.39. The minimum Gasteiger partial charge on any atom is -0.369 e. The van der Waals surface area contributed by atoms with Gasteiger partial charge < -0.3 is 10.1 Å². The van der Waals surface area contributed by atoms with Crippen LogP contribution in [0.2, 0.25) is 0 Å². The van der Waals surface area contributed by atoms with E-state index in [0.29, 0.717) is 5.92 Å². The number of hydrogen-bond donors (Lipinski definition) is 1. The maximum atomic E-state index is 11.6. The second-order valence-corrected chi connectivity index (χ2v) is 6.77. The van der Waals surface area contributed by atoms with Gasteiger partial charge in [-0.15, -0.1) is 0 Å². The lowest BCUT2D eigenvalue weighted by Crippen LogP contribution is -2.47. The second kappa shape index (κ2) is 7.25. The molecule has 112 valence electrons. The molecule has 0 aromatic rings. The van der Waals surface area contributed by atoms with Crippen LogP contribution in [-0.4, -0.2) is 48.7 Å². The molecule has 0 aliphatic carbocycles. The van der Waals surface area contributed by atoms with E-state index < -0.39 is 0 Å². The van der Waals surface area contributed by atoms with E-state index in [1.54, 1.807) is 0 Å². The number of rotatable bonds is 5. The van der Waals surface area contributed by atoms with Crippen LogP contribution in [0, 0.1) is 5.92 Å². The van der Waals surface area contributed by atoms with E-state index in [2.05, 4.69) is 31.0 Å². The third-order valence-electron chi connectivity index (χ3n) is 3.70. The molecule has 0 spiro atoms. The molecule has 1 fully saturated rings. The Hall–Kier alpha value is -0.610. The Labute approximate surface area is 117 Å². The van der Waals surface area contributed by atoms with Crippen molar-refractivity contribution in [3.63, 3.8) is 0 Å². The first kappa shape index (κ1) is 16.4. The van der Waals surface area contributed by atoms with Crippen LogP contribution in [0.25, 0.3) is 0 Å². The van der Waals surface area contributed by atoms with Gasteiger partial charge >= 0.3 is 0 Å². The maximum absolute atomic E-state index is 11.6. The van der Waals surface area contributed by atoms with Crippen molar-refractivity contribution < 1.29 is 9.53 Å². The smallest absolute Gasteiger partial charge is 0.246 e. The second-order valence-electron chi connectivity index (χ2n) is 6.77. The van der Waals surface area contributed by atoms with Gasteiger partial charge in [0.2, 0.25) is 5.91 Å². The van der Waals surface area contributed by atoms with Crippen LogP contribution >= 0.6 is 0 Å². The summed E-state index contributed by atoms with van der Waals surface area (Å²) in [6.45, 7) is 13.9. The van der Waals surface area contributed by atoms with Gasteiger partial charge in [-0.1, -0.05) is 0 Å². The van der Waals surface area contributed by atoms with Crippen molar-refractivity contribution in [3.05, 3.63) is 0 Å². The summed E-state index contributed by atoms with van der Waals surface area (Å²) in [6.07, 6.45) is 2.45. The molecule has 1 rings (SSSR count). The van der Waals surface area contributed by atoms with Gasteiger partial charge in [0.15, 0.2) is 0 Å². The minimum absolute atomic E-state index is 0.00644. The first-order valence-corrected chi connectivity index (χ1v) is 7.42. The van der Waals surface area contributed by atoms with Gasteiger partial charge in [0, 0.05) is 12.1 Å². The average Bonchev–Trinajstić information content (AvgIpc) is 2.33. The standard InChI is InChI=1S/C15H30N2O2/c1-12(2)19-11-14(18)16-10-13-6-8-17(9-7-13)15(3,4)5/h12-13H,6-11H2,1-5H3,(H,16,18). The highest BCUT2D eigenvalue weighted by Gasteiger charge is 2.26. The molecule has 1 amide bonds. The number of amides is 1. The monoisotopic (exact) mass is 270 g/mol. The van der Waals surface area contributed by atoms with E-state index in [9.17, 15) is 4.79 Å². The lowest BCUT2D eigenvalue weighted by molar-refractivity contribution is -0.127. The van der Waals surface area contributed by atoms with Gasteiger partial charge in [0.1, 0.15) is 6.61 Å². The van der Waals surface area contributed by atoms with Crippen molar-refractivity contribution in [1.82, 2.24) is 10.2 Å². The predicted octanol–water partition coefficient (Wildman–Crippen LogP) is 2.04. The van der Waals surface area contributed by atoms with Crippen LogP contribution in [0.3, 0.4) is 0 Å². The van der Waals surface area contributed by atoms with E-state index in [-0.39, 0.29) is 24.2 Å². The first-order valence-electron chi connectivity index (χ1n) is 7.42. The lowest BCUT2D eigenvalue weighted by atomic mass is 9.93. The number of carbonyl (C=O) groups is 1. The van der Waals surface area contributed by atoms with E-state index >= 15 is 0 Å². The SMILES string of the molecule is CC(C)OCC(=O)NCC1CCN(C(C)(C)C)CC1. The lowest BCUT2D eigenvalue weighted by Gasteiger charge is -2.40. The van der Waals surface area contributed by atoms with Crippen molar-refractivity contribution in [1.29, 1.82) is 0 Å². The molecule has 4 nitrogen and oxygen atoms in total. The van der Waals surface area contributed by atoms with Gasteiger partial charge in [-0.2, -0.15) is 0 Å². The molecule has 0 saturated carbocycles. The van der Waals surface area contributed by atoms with Crippen molar-refractivity contribution in [2.24, 2.45) is 5.92 Å². The van der Waals surface area contributed by atoms with Crippen LogP contribution in [0.15, 0.2) is 0 Å². The Bertz CT molecular complexity index is 276. The highest BCUT2D eigenvalue weighted by atomic mass is 16.5. The first-order chi connectivity index (χ1) is 8.79. The normalized spacial score (nSPS) is 18.8. The number of piperidine rings is 1. The molecule has 1 aliphatic heterocycles. The van der Waals surface area contributed by atoms with Gasteiger partial charge in [-0.3, -0.25) is 9.69 Å². The van der Waals surface area contributed by atoms with Crippen molar-refractivity contribution >= 4 is 5.91 Å². The Morgan fingerprint density at radius 1 is 1.32 bits per heavy atom. The topological polar surface area (TPSA) is 41.6 Å². The zero-order chi connectivity index (χ0) is 14.5. The molecule has 0 aromatic heterocycles. The summed E-state index contributed by atoms with van der Waals surface area (Å²) < 4.78 is 5.28. The molecule has 0 unspecified atom stereocenters. The number of nitrogens with zero attached hydrogens (tertiary/aromatic N) is 1. The van der Waals surface area contributed by atoms with E-state index in [1.165, 1.54) is 12.8 Å². The largest absolute Gasteiger partial charge is 0.369 e. The number of hydrogen-bond acceptors (Lipinski definition) is 3. The number of likely N-dealkylation sites (tertiary alicyclic amines) is 1. The highest BCUT2D eigenvalue weighted by Crippen LogP contribution is 2.23. The zero-order valence-corrected chi connectivity index (χ0v) is 13.2.